The molecule has 0 aliphatic carbocycles. The number of hydrogen-bond acceptors (Lipinski definition) is 5. The summed E-state index contributed by atoms with van der Waals surface area (Å²) >= 11 is 0. The Bertz CT molecular complexity index is 523. The first-order valence-corrected chi connectivity index (χ1v) is 4.90. The van der Waals surface area contributed by atoms with Gasteiger partial charge in [0.25, 0.3) is 0 Å². The van der Waals surface area contributed by atoms with Gasteiger partial charge in [-0.2, -0.15) is 0 Å². The van der Waals surface area contributed by atoms with E-state index >= 15 is 0 Å². The van der Waals surface area contributed by atoms with Crippen molar-refractivity contribution in [3.63, 3.8) is 0 Å². The Morgan fingerprint density at radius 2 is 2.41 bits per heavy atom. The second-order valence-electron chi connectivity index (χ2n) is 3.45. The predicted octanol–water partition coefficient (Wildman–Crippen LogP) is 1.57. The molecule has 2 aromatic heterocycles. The van der Waals surface area contributed by atoms with Crippen LogP contribution in [0.4, 0.5) is 11.5 Å². The van der Waals surface area contributed by atoms with Crippen LogP contribution in [0.15, 0.2) is 35.3 Å². The maximum absolute atomic E-state index is 10.7. The monoisotopic (exact) mass is 233 g/mol. The third-order valence-electron chi connectivity index (χ3n) is 2.20. The zero-order valence-corrected chi connectivity index (χ0v) is 8.88. The Kier molecular flexibility index (Phi) is 2.95. The molecule has 0 saturated carbocycles. The normalized spacial score (nSPS) is 10.1. The number of carboxylic acids is 1. The molecule has 0 aliphatic heterocycles. The van der Waals surface area contributed by atoms with Crippen molar-refractivity contribution in [1.29, 1.82) is 0 Å². The van der Waals surface area contributed by atoms with Crippen LogP contribution >= 0.6 is 0 Å². The fourth-order valence-corrected chi connectivity index (χ4v) is 1.33. The molecule has 0 fully saturated rings. The van der Waals surface area contributed by atoms with Crippen LogP contribution in [-0.2, 0) is 6.54 Å². The molecule has 88 valence electrons. The summed E-state index contributed by atoms with van der Waals surface area (Å²) in [5.41, 5.74) is 7.00. The van der Waals surface area contributed by atoms with E-state index in [1.807, 2.05) is 6.07 Å². The van der Waals surface area contributed by atoms with Crippen molar-refractivity contribution < 1.29 is 14.3 Å². The van der Waals surface area contributed by atoms with Gasteiger partial charge in [-0.15, -0.1) is 0 Å². The molecule has 2 rings (SSSR count). The number of aromatic nitrogens is 1. The zero-order valence-electron chi connectivity index (χ0n) is 8.88. The van der Waals surface area contributed by atoms with Crippen molar-refractivity contribution in [3.05, 3.63) is 42.0 Å². The number of aromatic carboxylic acids is 1. The Balaban J connectivity index is 2.09. The van der Waals surface area contributed by atoms with Gasteiger partial charge >= 0.3 is 5.97 Å². The summed E-state index contributed by atoms with van der Waals surface area (Å²) in [7, 11) is 0. The van der Waals surface area contributed by atoms with E-state index in [-0.39, 0.29) is 5.56 Å². The molecule has 0 atom stereocenters. The first-order valence-electron chi connectivity index (χ1n) is 4.90. The number of pyridine rings is 1. The smallest absolute Gasteiger partial charge is 0.337 e. The molecule has 0 saturated heterocycles. The summed E-state index contributed by atoms with van der Waals surface area (Å²) in [6, 6.07) is 3.18. The van der Waals surface area contributed by atoms with E-state index in [0.717, 1.165) is 5.56 Å². The summed E-state index contributed by atoms with van der Waals surface area (Å²) in [6.45, 7) is 0.514. The number of furan rings is 1. The number of carbonyl (C=O) groups is 1. The molecular formula is C11H11N3O3. The lowest BCUT2D eigenvalue weighted by Gasteiger charge is -2.07. The number of rotatable bonds is 4. The van der Waals surface area contributed by atoms with Crippen LogP contribution in [-0.4, -0.2) is 16.1 Å². The van der Waals surface area contributed by atoms with Crippen molar-refractivity contribution in [2.45, 2.75) is 6.54 Å². The third-order valence-corrected chi connectivity index (χ3v) is 2.20. The van der Waals surface area contributed by atoms with Crippen molar-refractivity contribution >= 4 is 17.5 Å². The van der Waals surface area contributed by atoms with Gasteiger partial charge in [-0.05, 0) is 12.1 Å². The maximum Gasteiger partial charge on any atom is 0.337 e. The Labute approximate surface area is 97.1 Å². The molecule has 2 heterocycles. The summed E-state index contributed by atoms with van der Waals surface area (Å²) in [5.74, 6) is -0.596. The number of hydrogen-bond donors (Lipinski definition) is 3. The second-order valence-corrected chi connectivity index (χ2v) is 3.45. The van der Waals surface area contributed by atoms with E-state index in [1.54, 1.807) is 12.5 Å². The summed E-state index contributed by atoms with van der Waals surface area (Å²) < 4.78 is 4.91. The highest BCUT2D eigenvalue weighted by Gasteiger charge is 2.07. The first kappa shape index (κ1) is 11.0. The lowest BCUT2D eigenvalue weighted by Crippen LogP contribution is -2.06. The first-order chi connectivity index (χ1) is 8.16. The molecular weight excluding hydrogens is 222 g/mol. The van der Waals surface area contributed by atoms with Gasteiger partial charge in [0.15, 0.2) is 0 Å². The molecule has 4 N–H and O–H groups in total. The molecule has 0 unspecified atom stereocenters. The van der Waals surface area contributed by atoms with Crippen molar-refractivity contribution in [2.75, 3.05) is 11.1 Å². The standard InChI is InChI=1S/C11H11N3O3/c12-9-3-8(11(15)16)5-14-10(9)13-4-7-1-2-17-6-7/h1-3,5-6H,4,12H2,(H,13,14)(H,15,16). The lowest BCUT2D eigenvalue weighted by atomic mass is 10.2. The van der Waals surface area contributed by atoms with E-state index in [0.29, 0.717) is 18.1 Å². The molecule has 6 heteroatoms. The minimum absolute atomic E-state index is 0.0661. The van der Waals surface area contributed by atoms with Crippen molar-refractivity contribution in [1.82, 2.24) is 4.98 Å². The molecule has 0 aliphatic rings. The number of nitrogens with two attached hydrogens (primary N) is 1. The Morgan fingerprint density at radius 1 is 1.59 bits per heavy atom. The van der Waals surface area contributed by atoms with Crippen LogP contribution < -0.4 is 11.1 Å². The summed E-state index contributed by atoms with van der Waals surface area (Å²) in [6.07, 6.45) is 4.44. The van der Waals surface area contributed by atoms with Gasteiger partial charge in [0, 0.05) is 18.3 Å². The van der Waals surface area contributed by atoms with Crippen molar-refractivity contribution in [3.8, 4) is 0 Å². The van der Waals surface area contributed by atoms with Gasteiger partial charge in [0.1, 0.15) is 5.82 Å². The van der Waals surface area contributed by atoms with Gasteiger partial charge in [0.05, 0.1) is 23.8 Å². The largest absolute Gasteiger partial charge is 0.478 e. The highest BCUT2D eigenvalue weighted by molar-refractivity contribution is 5.89. The van der Waals surface area contributed by atoms with Gasteiger partial charge in [0.2, 0.25) is 0 Å². The quantitative estimate of drug-likeness (QED) is 0.740. The van der Waals surface area contributed by atoms with Crippen LogP contribution in [0.3, 0.4) is 0 Å². The minimum Gasteiger partial charge on any atom is -0.478 e. The molecule has 0 aromatic carbocycles. The minimum atomic E-state index is -1.05. The van der Waals surface area contributed by atoms with Crippen LogP contribution in [0.25, 0.3) is 0 Å². The zero-order chi connectivity index (χ0) is 12.3. The number of carboxylic acid groups (broad SMARTS) is 1. The Morgan fingerprint density at radius 3 is 3.00 bits per heavy atom. The Hall–Kier alpha value is -2.50. The van der Waals surface area contributed by atoms with Crippen LogP contribution in [0, 0.1) is 0 Å². The summed E-state index contributed by atoms with van der Waals surface area (Å²) in [5, 5.41) is 11.7. The van der Waals surface area contributed by atoms with Gasteiger partial charge < -0.3 is 20.6 Å². The fourth-order valence-electron chi connectivity index (χ4n) is 1.33. The average molecular weight is 233 g/mol. The van der Waals surface area contributed by atoms with Crippen molar-refractivity contribution in [2.24, 2.45) is 0 Å². The van der Waals surface area contributed by atoms with E-state index < -0.39 is 5.97 Å². The molecule has 17 heavy (non-hydrogen) atoms. The number of nitrogen functional groups attached to an aromatic ring is 1. The van der Waals surface area contributed by atoms with Gasteiger partial charge in [-0.3, -0.25) is 0 Å². The molecule has 0 radical (unpaired) electrons. The van der Waals surface area contributed by atoms with E-state index in [2.05, 4.69) is 10.3 Å². The highest BCUT2D eigenvalue weighted by atomic mass is 16.4. The number of nitrogens with zero attached hydrogens (tertiary/aromatic N) is 1. The average Bonchev–Trinajstić information content (AvgIpc) is 2.80. The maximum atomic E-state index is 10.7. The van der Waals surface area contributed by atoms with Gasteiger partial charge in [-0.1, -0.05) is 0 Å². The third kappa shape index (κ3) is 2.54. The van der Waals surface area contributed by atoms with Crippen LogP contribution in [0.2, 0.25) is 0 Å². The highest BCUT2D eigenvalue weighted by Crippen LogP contribution is 2.17. The van der Waals surface area contributed by atoms with Crippen LogP contribution in [0.1, 0.15) is 15.9 Å². The molecule has 0 spiro atoms. The fraction of sp³-hybridized carbons (Fsp3) is 0.0909. The SMILES string of the molecule is Nc1cc(C(=O)O)cnc1NCc1ccoc1. The van der Waals surface area contributed by atoms with E-state index in [1.165, 1.54) is 12.3 Å². The molecule has 0 bridgehead atoms. The second kappa shape index (κ2) is 4.56. The number of nitrogens with one attached hydrogen (secondary N) is 1. The molecule has 2 aromatic rings. The van der Waals surface area contributed by atoms with E-state index in [4.69, 9.17) is 15.3 Å². The molecule has 0 amide bonds. The van der Waals surface area contributed by atoms with Crippen LogP contribution in [0.5, 0.6) is 0 Å². The lowest BCUT2D eigenvalue weighted by molar-refractivity contribution is 0.0696. The van der Waals surface area contributed by atoms with Gasteiger partial charge in [-0.25, -0.2) is 9.78 Å². The number of anilines is 2. The topological polar surface area (TPSA) is 101 Å². The van der Waals surface area contributed by atoms with E-state index in [9.17, 15) is 4.79 Å². The predicted molar refractivity (Wildman–Crippen MR) is 61.6 cm³/mol. The molecule has 6 nitrogen and oxygen atoms in total. The summed E-state index contributed by atoms with van der Waals surface area (Å²) in [4.78, 5) is 14.6.